The second-order valence-electron chi connectivity index (χ2n) is 7.03. The fraction of sp³-hybridized carbons (Fsp3) is 0.875. The first-order chi connectivity index (χ1) is 9.63. The van der Waals surface area contributed by atoms with E-state index < -0.39 is 5.97 Å². The third kappa shape index (κ3) is 2.84. The van der Waals surface area contributed by atoms with Gasteiger partial charge in [-0.3, -0.25) is 9.59 Å². The largest absolute Gasteiger partial charge is 0.481 e. The van der Waals surface area contributed by atoms with E-state index in [-0.39, 0.29) is 23.8 Å². The highest BCUT2D eigenvalue weighted by atomic mass is 16.4. The lowest BCUT2D eigenvalue weighted by molar-refractivity contribution is -0.146. The molecule has 3 unspecified atom stereocenters. The minimum atomic E-state index is -0.724. The number of aliphatic carboxylic acids is 1. The van der Waals surface area contributed by atoms with Crippen LogP contribution in [0.25, 0.3) is 0 Å². The third-order valence-corrected chi connectivity index (χ3v) is 5.74. The molecule has 3 rings (SSSR count). The van der Waals surface area contributed by atoms with Gasteiger partial charge in [0.15, 0.2) is 0 Å². The molecule has 20 heavy (non-hydrogen) atoms. The number of rotatable bonds is 3. The number of carboxylic acids is 1. The first kappa shape index (κ1) is 13.9. The maximum absolute atomic E-state index is 12.3. The number of amides is 1. The second-order valence-corrected chi connectivity index (χ2v) is 7.03. The monoisotopic (exact) mass is 279 g/mol. The van der Waals surface area contributed by atoms with E-state index in [9.17, 15) is 9.59 Å². The van der Waals surface area contributed by atoms with Crippen molar-refractivity contribution >= 4 is 11.9 Å². The lowest BCUT2D eigenvalue weighted by Gasteiger charge is -2.40. The van der Waals surface area contributed by atoms with Crippen LogP contribution in [0, 0.1) is 23.7 Å². The molecular formula is C16H25NO3. The average Bonchev–Trinajstić information content (AvgIpc) is 2.41. The first-order valence-electron chi connectivity index (χ1n) is 8.16. The van der Waals surface area contributed by atoms with Crippen LogP contribution in [0.15, 0.2) is 0 Å². The van der Waals surface area contributed by atoms with Crippen molar-refractivity contribution in [1.29, 1.82) is 0 Å². The maximum atomic E-state index is 12.3. The Labute approximate surface area is 120 Å². The van der Waals surface area contributed by atoms with Gasteiger partial charge >= 0.3 is 5.97 Å². The van der Waals surface area contributed by atoms with Crippen LogP contribution in [-0.4, -0.2) is 23.0 Å². The molecule has 0 radical (unpaired) electrons. The van der Waals surface area contributed by atoms with Crippen molar-refractivity contribution in [3.8, 4) is 0 Å². The highest BCUT2D eigenvalue weighted by molar-refractivity contribution is 5.80. The Hall–Kier alpha value is -1.06. The van der Waals surface area contributed by atoms with Crippen molar-refractivity contribution in [2.24, 2.45) is 23.7 Å². The van der Waals surface area contributed by atoms with Gasteiger partial charge in [-0.1, -0.05) is 25.7 Å². The summed E-state index contributed by atoms with van der Waals surface area (Å²) in [7, 11) is 0. The fourth-order valence-corrected chi connectivity index (χ4v) is 4.37. The Morgan fingerprint density at radius 2 is 1.55 bits per heavy atom. The third-order valence-electron chi connectivity index (χ3n) is 5.74. The van der Waals surface area contributed by atoms with Gasteiger partial charge in [0.2, 0.25) is 5.91 Å². The zero-order chi connectivity index (χ0) is 14.1. The Balaban J connectivity index is 1.45. The van der Waals surface area contributed by atoms with Crippen molar-refractivity contribution in [1.82, 2.24) is 5.32 Å². The Morgan fingerprint density at radius 1 is 0.850 bits per heavy atom. The van der Waals surface area contributed by atoms with Crippen molar-refractivity contribution < 1.29 is 14.7 Å². The lowest BCUT2D eigenvalue weighted by Crippen LogP contribution is -2.49. The van der Waals surface area contributed by atoms with Crippen LogP contribution in [0.1, 0.15) is 57.8 Å². The summed E-state index contributed by atoms with van der Waals surface area (Å²) in [6, 6.07) is 0.104. The summed E-state index contributed by atoms with van der Waals surface area (Å²) in [4.78, 5) is 23.1. The van der Waals surface area contributed by atoms with Crippen LogP contribution in [-0.2, 0) is 9.59 Å². The van der Waals surface area contributed by atoms with Gasteiger partial charge in [-0.05, 0) is 43.9 Å². The molecule has 1 amide bonds. The summed E-state index contributed by atoms with van der Waals surface area (Å²) in [6.45, 7) is 0. The number of carbonyl (C=O) groups is 2. The molecule has 3 aliphatic rings. The van der Waals surface area contributed by atoms with E-state index in [1.54, 1.807) is 0 Å². The number of carboxylic acid groups (broad SMARTS) is 1. The lowest BCUT2D eigenvalue weighted by atomic mass is 9.67. The zero-order valence-electron chi connectivity index (χ0n) is 12.0. The van der Waals surface area contributed by atoms with Crippen molar-refractivity contribution in [2.75, 3.05) is 0 Å². The molecule has 0 aromatic rings. The topological polar surface area (TPSA) is 66.4 Å². The first-order valence-corrected chi connectivity index (χ1v) is 8.16. The molecule has 0 aromatic heterocycles. The van der Waals surface area contributed by atoms with E-state index >= 15 is 0 Å². The van der Waals surface area contributed by atoms with Gasteiger partial charge in [-0.25, -0.2) is 0 Å². The van der Waals surface area contributed by atoms with E-state index in [1.807, 2.05) is 0 Å². The highest BCUT2D eigenvalue weighted by Gasteiger charge is 2.39. The Bertz CT molecular complexity index is 389. The van der Waals surface area contributed by atoms with Gasteiger partial charge < -0.3 is 10.4 Å². The summed E-state index contributed by atoms with van der Waals surface area (Å²) >= 11 is 0. The van der Waals surface area contributed by atoms with Crippen molar-refractivity contribution in [3.05, 3.63) is 0 Å². The highest BCUT2D eigenvalue weighted by Crippen LogP contribution is 2.42. The van der Waals surface area contributed by atoms with Crippen molar-refractivity contribution in [2.45, 2.75) is 63.8 Å². The molecule has 3 saturated carbocycles. The van der Waals surface area contributed by atoms with E-state index in [0.717, 1.165) is 24.7 Å². The minimum absolute atomic E-state index is 0.104. The molecule has 0 heterocycles. The van der Waals surface area contributed by atoms with Crippen LogP contribution in [0.3, 0.4) is 0 Å². The molecule has 0 aromatic carbocycles. The smallest absolute Gasteiger partial charge is 0.306 e. The second kappa shape index (κ2) is 5.74. The molecular weight excluding hydrogens is 254 g/mol. The standard InChI is InChI=1S/C16H25NO3/c18-15(17-14-8-13(9-14)16(19)20)12-6-5-10-3-1-2-4-11(10)7-12/h10-14H,1-9H2,(H,17,18)(H,19,20). The molecule has 0 spiro atoms. The maximum Gasteiger partial charge on any atom is 0.306 e. The van der Waals surface area contributed by atoms with E-state index in [2.05, 4.69) is 5.32 Å². The van der Waals surface area contributed by atoms with Gasteiger partial charge in [0.05, 0.1) is 5.92 Å². The Kier molecular flexibility index (Phi) is 3.99. The van der Waals surface area contributed by atoms with Gasteiger partial charge in [0.1, 0.15) is 0 Å². The molecule has 4 nitrogen and oxygen atoms in total. The average molecular weight is 279 g/mol. The molecule has 0 bridgehead atoms. The molecule has 4 heteroatoms. The van der Waals surface area contributed by atoms with E-state index in [4.69, 9.17) is 5.11 Å². The van der Waals surface area contributed by atoms with Crippen molar-refractivity contribution in [3.63, 3.8) is 0 Å². The number of carbonyl (C=O) groups excluding carboxylic acids is 1. The summed E-state index contributed by atoms with van der Waals surface area (Å²) in [5.74, 6) is 1.03. The molecule has 112 valence electrons. The number of fused-ring (bicyclic) bond motifs is 1. The number of nitrogens with one attached hydrogen (secondary N) is 1. The summed E-state index contributed by atoms with van der Waals surface area (Å²) in [6.07, 6.45) is 9.90. The van der Waals surface area contributed by atoms with E-state index in [1.165, 1.54) is 32.1 Å². The SMILES string of the molecule is O=C(O)C1CC(NC(=O)C2CCC3CCCCC3C2)C1. The van der Waals surface area contributed by atoms with Crippen LogP contribution in [0.4, 0.5) is 0 Å². The summed E-state index contributed by atoms with van der Waals surface area (Å²) in [5.41, 5.74) is 0. The van der Waals surface area contributed by atoms with Crippen LogP contribution < -0.4 is 5.32 Å². The molecule has 3 fully saturated rings. The molecule has 3 aliphatic carbocycles. The normalized spacial score (nSPS) is 40.3. The van der Waals surface area contributed by atoms with Gasteiger partial charge in [0.25, 0.3) is 0 Å². The zero-order valence-corrected chi connectivity index (χ0v) is 12.0. The fourth-order valence-electron chi connectivity index (χ4n) is 4.37. The minimum Gasteiger partial charge on any atom is -0.481 e. The number of hydrogen-bond acceptors (Lipinski definition) is 2. The summed E-state index contributed by atoms with van der Waals surface area (Å²) < 4.78 is 0. The van der Waals surface area contributed by atoms with Gasteiger partial charge in [-0.15, -0.1) is 0 Å². The molecule has 3 atom stereocenters. The van der Waals surface area contributed by atoms with E-state index in [0.29, 0.717) is 12.8 Å². The van der Waals surface area contributed by atoms with Crippen LogP contribution >= 0.6 is 0 Å². The predicted octanol–water partition coefficient (Wildman–Crippen LogP) is 2.57. The molecule has 0 aliphatic heterocycles. The quantitative estimate of drug-likeness (QED) is 0.834. The molecule has 2 N–H and O–H groups in total. The van der Waals surface area contributed by atoms with Crippen LogP contribution in [0.2, 0.25) is 0 Å². The molecule has 0 saturated heterocycles. The van der Waals surface area contributed by atoms with Gasteiger partial charge in [0, 0.05) is 12.0 Å². The van der Waals surface area contributed by atoms with Crippen LogP contribution in [0.5, 0.6) is 0 Å². The van der Waals surface area contributed by atoms with Gasteiger partial charge in [-0.2, -0.15) is 0 Å². The predicted molar refractivity (Wildman–Crippen MR) is 75.1 cm³/mol. The Morgan fingerprint density at radius 3 is 2.25 bits per heavy atom. The summed E-state index contributed by atoms with van der Waals surface area (Å²) in [5, 5.41) is 11.9. The number of hydrogen-bond donors (Lipinski definition) is 2.